The van der Waals surface area contributed by atoms with Crippen LogP contribution in [0.15, 0.2) is 83.6 Å². The maximum Gasteiger partial charge on any atom is 0.345 e. The first-order valence-electron chi connectivity index (χ1n) is 9.80. The number of hydrogen-bond donors (Lipinski definition) is 0. The second-order valence-corrected chi connectivity index (χ2v) is 8.51. The quantitative estimate of drug-likeness (QED) is 0.132. The second-order valence-electron chi connectivity index (χ2n) is 6.83. The molecule has 2 aromatic carbocycles. The Kier molecular flexibility index (Phi) is 10.4. The first kappa shape index (κ1) is 30.3. The molecule has 0 saturated heterocycles. The summed E-state index contributed by atoms with van der Waals surface area (Å²) in [6, 6.07) is 6.56. The molecule has 38 heavy (non-hydrogen) atoms. The molecule has 196 valence electrons. The first-order valence-corrected chi connectivity index (χ1v) is 11.3. The van der Waals surface area contributed by atoms with Gasteiger partial charge in [0.15, 0.2) is 26.7 Å². The predicted octanol–water partition coefficient (Wildman–Crippen LogP) is 6.38. The van der Waals surface area contributed by atoms with Crippen molar-refractivity contribution in [2.45, 2.75) is 0 Å². The molecule has 9 nitrogen and oxygen atoms in total. The van der Waals surface area contributed by atoms with Crippen LogP contribution in [0.25, 0.3) is 0 Å². The van der Waals surface area contributed by atoms with Crippen LogP contribution in [0.5, 0.6) is 0 Å². The zero-order chi connectivity index (χ0) is 28.7. The number of benzene rings is 2. The van der Waals surface area contributed by atoms with E-state index in [2.05, 4.69) is 26.3 Å². The molecule has 0 aliphatic rings. The first-order chi connectivity index (χ1) is 17.7. The summed E-state index contributed by atoms with van der Waals surface area (Å²) in [7, 11) is 0. The summed E-state index contributed by atoms with van der Waals surface area (Å²) in [5.74, 6) is -5.20. The minimum absolute atomic E-state index is 0.149. The Hall–Kier alpha value is -3.89. The number of hydrogen-bond acceptors (Lipinski definition) is 9. The fourth-order valence-corrected chi connectivity index (χ4v) is 3.13. The van der Waals surface area contributed by atoms with E-state index in [-0.39, 0.29) is 22.3 Å². The average molecular weight is 600 g/mol. The van der Waals surface area contributed by atoms with E-state index in [0.717, 1.165) is 24.3 Å². The molecule has 0 atom stereocenters. The van der Waals surface area contributed by atoms with Crippen molar-refractivity contribution < 1.29 is 42.9 Å². The molecule has 0 amide bonds. The molecular formula is C25H14Cl4O9. The Morgan fingerprint density at radius 3 is 1.00 bits per heavy atom. The average Bonchev–Trinajstić information content (AvgIpc) is 2.81. The lowest BCUT2D eigenvalue weighted by molar-refractivity contribution is 0.0605. The Morgan fingerprint density at radius 1 is 0.474 bits per heavy atom. The third-order valence-corrected chi connectivity index (χ3v) is 4.57. The van der Waals surface area contributed by atoms with Gasteiger partial charge in [-0.15, -0.1) is 0 Å². The summed E-state index contributed by atoms with van der Waals surface area (Å²) >= 11 is 22.0. The van der Waals surface area contributed by atoms with E-state index in [4.69, 9.17) is 65.4 Å². The molecule has 0 radical (unpaired) electrons. The highest BCUT2D eigenvalue weighted by Crippen LogP contribution is 2.23. The number of esters is 4. The minimum Gasteiger partial charge on any atom is -0.411 e. The van der Waals surface area contributed by atoms with Crippen LogP contribution in [0, 0.1) is 0 Å². The molecule has 0 spiro atoms. The fraction of sp³-hybridized carbons (Fsp3) is 0. The van der Waals surface area contributed by atoms with Gasteiger partial charge in [-0.3, -0.25) is 4.79 Å². The summed E-state index contributed by atoms with van der Waals surface area (Å²) in [4.78, 5) is 63.1. The zero-order valence-electron chi connectivity index (χ0n) is 19.0. The van der Waals surface area contributed by atoms with Gasteiger partial charge in [-0.1, -0.05) is 12.1 Å². The lowest BCUT2D eigenvalue weighted by Crippen LogP contribution is -2.16. The highest BCUT2D eigenvalue weighted by molar-refractivity contribution is 6.30. The molecule has 0 bridgehead atoms. The molecule has 0 unspecified atom stereocenters. The van der Waals surface area contributed by atoms with Crippen molar-refractivity contribution in [2.24, 2.45) is 0 Å². The maximum absolute atomic E-state index is 13.3. The van der Waals surface area contributed by atoms with E-state index in [9.17, 15) is 24.0 Å². The highest BCUT2D eigenvalue weighted by Gasteiger charge is 2.26. The Labute approximate surface area is 235 Å². The number of halogens is 4. The van der Waals surface area contributed by atoms with Gasteiger partial charge in [-0.2, -0.15) is 0 Å². The zero-order valence-corrected chi connectivity index (χ0v) is 22.0. The second kappa shape index (κ2) is 13.1. The number of carbonyl (C=O) groups is 5. The molecule has 2 aromatic rings. The van der Waals surface area contributed by atoms with Gasteiger partial charge in [0.05, 0.1) is 22.3 Å². The van der Waals surface area contributed by atoms with E-state index in [0.29, 0.717) is 0 Å². The molecule has 0 aliphatic carbocycles. The lowest BCUT2D eigenvalue weighted by atomic mass is 9.95. The van der Waals surface area contributed by atoms with E-state index in [1.807, 2.05) is 0 Å². The van der Waals surface area contributed by atoms with Crippen molar-refractivity contribution in [2.75, 3.05) is 0 Å². The summed E-state index contributed by atoms with van der Waals surface area (Å²) in [5.41, 5.74) is -1.84. The van der Waals surface area contributed by atoms with Crippen molar-refractivity contribution in [1.29, 1.82) is 0 Å². The lowest BCUT2D eigenvalue weighted by Gasteiger charge is -2.12. The van der Waals surface area contributed by atoms with Crippen LogP contribution in [0.2, 0.25) is 0 Å². The van der Waals surface area contributed by atoms with E-state index in [1.54, 1.807) is 0 Å². The van der Waals surface area contributed by atoms with Gasteiger partial charge in [0.1, 0.15) is 0 Å². The van der Waals surface area contributed by atoms with Gasteiger partial charge in [0.25, 0.3) is 0 Å². The molecule has 0 fully saturated rings. The third kappa shape index (κ3) is 8.06. The van der Waals surface area contributed by atoms with Gasteiger partial charge in [-0.25, -0.2) is 19.2 Å². The molecule has 0 aromatic heterocycles. The number of ether oxygens (including phenoxy) is 4. The topological polar surface area (TPSA) is 122 Å². The van der Waals surface area contributed by atoms with Crippen LogP contribution < -0.4 is 0 Å². The number of rotatable bonds is 10. The van der Waals surface area contributed by atoms with Crippen LogP contribution in [-0.4, -0.2) is 29.7 Å². The molecule has 0 N–H and O–H groups in total. The van der Waals surface area contributed by atoms with Crippen molar-refractivity contribution in [1.82, 2.24) is 0 Å². The van der Waals surface area contributed by atoms with E-state index >= 15 is 0 Å². The maximum atomic E-state index is 13.3. The Bertz CT molecular complexity index is 1320. The fourth-order valence-electron chi connectivity index (χ4n) is 2.85. The molecule has 0 heterocycles. The predicted molar refractivity (Wildman–Crippen MR) is 138 cm³/mol. The monoisotopic (exact) mass is 598 g/mol. The summed E-state index contributed by atoms with van der Waals surface area (Å²) < 4.78 is 18.9. The van der Waals surface area contributed by atoms with Gasteiger partial charge in [0, 0.05) is 11.1 Å². The van der Waals surface area contributed by atoms with E-state index in [1.165, 1.54) is 12.1 Å². The van der Waals surface area contributed by atoms with Gasteiger partial charge >= 0.3 is 23.9 Å². The summed E-state index contributed by atoms with van der Waals surface area (Å²) in [5, 5.41) is -1.99. The largest absolute Gasteiger partial charge is 0.411 e. The third-order valence-electron chi connectivity index (χ3n) is 4.26. The number of carbonyl (C=O) groups excluding carboxylic acids is 5. The number of ketones is 1. The van der Waals surface area contributed by atoms with Gasteiger partial charge in [0.2, 0.25) is 0 Å². The Balaban J connectivity index is 2.62. The Morgan fingerprint density at radius 2 is 0.737 bits per heavy atom. The SMILES string of the molecule is C=C(Cl)OC(=O)c1ccc(C(=O)c2ccc(C(=O)OC(=C)Cl)c(C(=O)OC(=C)Cl)c2)cc1C(=O)OC(=C)Cl. The summed E-state index contributed by atoms with van der Waals surface area (Å²) in [6.07, 6.45) is 0. The molecule has 2 rings (SSSR count). The normalized spacial score (nSPS) is 10.0. The molecular weight excluding hydrogens is 586 g/mol. The van der Waals surface area contributed by atoms with Crippen LogP contribution in [-0.2, 0) is 18.9 Å². The minimum atomic E-state index is -1.14. The van der Waals surface area contributed by atoms with Crippen LogP contribution in [0.3, 0.4) is 0 Å². The van der Waals surface area contributed by atoms with Crippen LogP contribution >= 0.6 is 46.4 Å². The smallest absolute Gasteiger partial charge is 0.345 e. The standard InChI is InChI=1S/C25H14Cl4O9/c1-11(26)35-22(31)17-7-5-15(9-19(17)24(33)37-13(3)28)21(30)16-6-8-18(23(32)36-12(2)27)20(10-16)25(34)38-14(4)29/h5-10H,1-4H2. The highest BCUT2D eigenvalue weighted by atomic mass is 35.5. The van der Waals surface area contributed by atoms with Crippen molar-refractivity contribution in [3.8, 4) is 0 Å². The van der Waals surface area contributed by atoms with Crippen molar-refractivity contribution in [3.63, 3.8) is 0 Å². The van der Waals surface area contributed by atoms with Crippen molar-refractivity contribution >= 4 is 76.1 Å². The summed E-state index contributed by atoms with van der Waals surface area (Å²) in [6.45, 7) is 12.9. The van der Waals surface area contributed by atoms with Gasteiger partial charge in [-0.05, 0) is 97.0 Å². The van der Waals surface area contributed by atoms with Crippen LogP contribution in [0.4, 0.5) is 0 Å². The van der Waals surface area contributed by atoms with Gasteiger partial charge < -0.3 is 18.9 Å². The molecule has 13 heteroatoms. The molecule has 0 saturated carbocycles. The van der Waals surface area contributed by atoms with E-state index < -0.39 is 61.7 Å². The van der Waals surface area contributed by atoms with Crippen LogP contribution in [0.1, 0.15) is 57.4 Å². The van der Waals surface area contributed by atoms with Crippen molar-refractivity contribution in [3.05, 3.63) is 117 Å². The molecule has 0 aliphatic heterocycles.